The van der Waals surface area contributed by atoms with E-state index in [1.807, 2.05) is 4.90 Å². The lowest BCUT2D eigenvalue weighted by Crippen LogP contribution is -2.53. The highest BCUT2D eigenvalue weighted by Gasteiger charge is 2.30. The molecule has 8 nitrogen and oxygen atoms in total. The van der Waals surface area contributed by atoms with Gasteiger partial charge in [-0.2, -0.15) is 4.31 Å². The Hall–Kier alpha value is -1.62. The van der Waals surface area contributed by atoms with E-state index >= 15 is 0 Å². The average molecular weight is 430 g/mol. The molecule has 10 heteroatoms. The lowest BCUT2D eigenvalue weighted by Gasteiger charge is -2.35. The molecule has 0 saturated carbocycles. The maximum Gasteiger partial charge on any atom is 0.243 e. The largest absolute Gasteiger partial charge is 0.490 e. The van der Waals surface area contributed by atoms with Crippen LogP contribution in [0.2, 0.25) is 0 Å². The second-order valence-electron chi connectivity index (χ2n) is 6.63. The van der Waals surface area contributed by atoms with Crippen LogP contribution in [0.5, 0.6) is 11.5 Å². The summed E-state index contributed by atoms with van der Waals surface area (Å²) in [5, 5.41) is 3.85. The van der Waals surface area contributed by atoms with Gasteiger partial charge in [-0.25, -0.2) is 8.42 Å². The first-order chi connectivity index (χ1) is 13.5. The van der Waals surface area contributed by atoms with Crippen molar-refractivity contribution in [2.45, 2.75) is 17.7 Å². The van der Waals surface area contributed by atoms with Crippen molar-refractivity contribution in [3.8, 4) is 11.5 Å². The predicted molar refractivity (Wildman–Crippen MR) is 109 cm³/mol. The van der Waals surface area contributed by atoms with Crippen molar-refractivity contribution >= 4 is 27.4 Å². The minimum atomic E-state index is -3.59. The van der Waals surface area contributed by atoms with Crippen LogP contribution in [0.25, 0.3) is 0 Å². The first-order valence-corrected chi connectivity index (χ1v) is 11.3. The number of nitrogens with one attached hydrogen (secondary N) is 1. The quantitative estimate of drug-likeness (QED) is 0.531. The summed E-state index contributed by atoms with van der Waals surface area (Å²) in [6, 6.07) is 4.81. The molecule has 1 fully saturated rings. The van der Waals surface area contributed by atoms with Crippen LogP contribution < -0.4 is 14.8 Å². The number of thiocarbonyl (C=S) groups is 1. The molecular formula is C18H27N3O5S2. The molecule has 0 atom stereocenters. The van der Waals surface area contributed by atoms with Crippen LogP contribution in [0.1, 0.15) is 12.8 Å². The molecule has 0 aromatic heterocycles. The third-order valence-electron chi connectivity index (χ3n) is 4.68. The smallest absolute Gasteiger partial charge is 0.243 e. The van der Waals surface area contributed by atoms with Gasteiger partial charge in [-0.1, -0.05) is 0 Å². The van der Waals surface area contributed by atoms with E-state index in [-0.39, 0.29) is 4.90 Å². The minimum Gasteiger partial charge on any atom is -0.490 e. The maximum atomic E-state index is 13.0. The number of hydrogen-bond acceptors (Lipinski definition) is 6. The van der Waals surface area contributed by atoms with Crippen LogP contribution in [0.3, 0.4) is 0 Å². The molecule has 0 spiro atoms. The van der Waals surface area contributed by atoms with Crippen LogP contribution in [0.15, 0.2) is 23.1 Å². The summed E-state index contributed by atoms with van der Waals surface area (Å²) in [4.78, 5) is 2.23. The molecule has 2 aliphatic heterocycles. The normalized spacial score (nSPS) is 17.8. The number of rotatable bonds is 6. The zero-order valence-electron chi connectivity index (χ0n) is 16.1. The molecule has 0 amide bonds. The highest BCUT2D eigenvalue weighted by Crippen LogP contribution is 2.33. The van der Waals surface area contributed by atoms with Crippen molar-refractivity contribution in [3.63, 3.8) is 0 Å². The fourth-order valence-electron chi connectivity index (χ4n) is 3.11. The lowest BCUT2D eigenvalue weighted by molar-refractivity contribution is 0.195. The second kappa shape index (κ2) is 9.73. The third kappa shape index (κ3) is 5.05. The average Bonchev–Trinajstić information content (AvgIpc) is 2.96. The van der Waals surface area contributed by atoms with Crippen LogP contribution in [0, 0.1) is 0 Å². The number of methoxy groups -OCH3 is 1. The minimum absolute atomic E-state index is 0.227. The molecule has 0 aliphatic carbocycles. The fraction of sp³-hybridized carbons (Fsp3) is 0.611. The highest BCUT2D eigenvalue weighted by atomic mass is 32.2. The molecule has 1 N–H and O–H groups in total. The molecule has 2 aliphatic rings. The van der Waals surface area contributed by atoms with Gasteiger partial charge >= 0.3 is 0 Å². The summed E-state index contributed by atoms with van der Waals surface area (Å²) < 4.78 is 43.8. The van der Waals surface area contributed by atoms with Crippen LogP contribution >= 0.6 is 12.2 Å². The van der Waals surface area contributed by atoms with Gasteiger partial charge in [0.05, 0.1) is 18.1 Å². The number of sulfonamides is 1. The Bertz CT molecular complexity index is 779. The van der Waals surface area contributed by atoms with Gasteiger partial charge in [-0.15, -0.1) is 0 Å². The lowest BCUT2D eigenvalue weighted by atomic mass is 10.3. The molecule has 0 radical (unpaired) electrons. The van der Waals surface area contributed by atoms with Gasteiger partial charge < -0.3 is 24.4 Å². The molecular weight excluding hydrogens is 402 g/mol. The van der Waals surface area contributed by atoms with Gasteiger partial charge in [0.15, 0.2) is 16.6 Å². The molecule has 2 heterocycles. The molecule has 1 aromatic rings. The van der Waals surface area contributed by atoms with Gasteiger partial charge in [0.2, 0.25) is 10.0 Å². The summed E-state index contributed by atoms with van der Waals surface area (Å²) in [5.74, 6) is 1.07. The van der Waals surface area contributed by atoms with Crippen LogP contribution in [-0.2, 0) is 14.8 Å². The van der Waals surface area contributed by atoms with Gasteiger partial charge in [0.1, 0.15) is 0 Å². The Morgan fingerprint density at radius 3 is 2.61 bits per heavy atom. The molecule has 3 rings (SSSR count). The number of ether oxygens (including phenoxy) is 3. The monoisotopic (exact) mass is 429 g/mol. The zero-order chi connectivity index (χ0) is 20.0. The first-order valence-electron chi connectivity index (χ1n) is 9.44. The van der Waals surface area contributed by atoms with Gasteiger partial charge in [-0.3, -0.25) is 0 Å². The second-order valence-corrected chi connectivity index (χ2v) is 8.95. The number of piperazine rings is 1. The number of hydrogen-bond donors (Lipinski definition) is 1. The summed E-state index contributed by atoms with van der Waals surface area (Å²) in [6.45, 7) is 4.39. The summed E-state index contributed by atoms with van der Waals surface area (Å²) in [7, 11) is -1.92. The number of nitrogens with zero attached hydrogens (tertiary/aromatic N) is 2. The van der Waals surface area contributed by atoms with Crippen molar-refractivity contribution < 1.29 is 22.6 Å². The van der Waals surface area contributed by atoms with Crippen molar-refractivity contribution in [1.29, 1.82) is 0 Å². The summed E-state index contributed by atoms with van der Waals surface area (Å²) in [6.07, 6.45) is 1.65. The Labute approximate surface area is 171 Å². The fourth-order valence-corrected chi connectivity index (χ4v) is 4.83. The number of fused-ring (bicyclic) bond motifs is 1. The van der Waals surface area contributed by atoms with Gasteiger partial charge in [0, 0.05) is 58.9 Å². The molecule has 156 valence electrons. The Morgan fingerprint density at radius 2 is 1.89 bits per heavy atom. The Kier molecular flexibility index (Phi) is 7.33. The molecule has 1 saturated heterocycles. The van der Waals surface area contributed by atoms with Crippen molar-refractivity contribution in [3.05, 3.63) is 18.2 Å². The van der Waals surface area contributed by atoms with Crippen molar-refractivity contribution in [1.82, 2.24) is 14.5 Å². The number of benzene rings is 1. The van der Waals surface area contributed by atoms with Crippen molar-refractivity contribution in [2.24, 2.45) is 0 Å². The van der Waals surface area contributed by atoms with Gasteiger partial charge in [0.25, 0.3) is 0 Å². The molecule has 1 aromatic carbocycles. The van der Waals surface area contributed by atoms with Crippen LogP contribution in [-0.4, -0.2) is 82.4 Å². The van der Waals surface area contributed by atoms with E-state index in [1.54, 1.807) is 25.3 Å². The highest BCUT2D eigenvalue weighted by molar-refractivity contribution is 7.89. The maximum absolute atomic E-state index is 13.0. The topological polar surface area (TPSA) is 80.3 Å². The van der Waals surface area contributed by atoms with Crippen molar-refractivity contribution in [2.75, 3.05) is 59.7 Å². The van der Waals surface area contributed by atoms with E-state index in [0.717, 1.165) is 19.4 Å². The summed E-state index contributed by atoms with van der Waals surface area (Å²) in [5.41, 5.74) is 0. The van der Waals surface area contributed by atoms with E-state index in [9.17, 15) is 8.42 Å². The molecule has 28 heavy (non-hydrogen) atoms. The molecule has 0 unspecified atom stereocenters. The summed E-state index contributed by atoms with van der Waals surface area (Å²) >= 11 is 5.40. The standard InChI is InChI=1S/C18H27N3O5S2/c1-24-11-2-6-19-18(27)20-7-9-21(10-8-20)28(22,23)15-4-5-16-17(14-15)26-13-3-12-25-16/h4-5,14H,2-3,6-13H2,1H3,(H,19,27). The zero-order valence-corrected chi connectivity index (χ0v) is 17.7. The Balaban J connectivity index is 1.59. The van der Waals surface area contributed by atoms with E-state index in [1.165, 1.54) is 4.31 Å². The van der Waals surface area contributed by atoms with E-state index in [0.29, 0.717) is 62.6 Å². The van der Waals surface area contributed by atoms with E-state index in [4.69, 9.17) is 26.4 Å². The SMILES string of the molecule is COCCCNC(=S)N1CCN(S(=O)(=O)c2ccc3c(c2)OCCCO3)CC1. The first kappa shape index (κ1) is 21.1. The van der Waals surface area contributed by atoms with Crippen LogP contribution in [0.4, 0.5) is 0 Å². The van der Waals surface area contributed by atoms with Gasteiger partial charge in [-0.05, 0) is 30.8 Å². The third-order valence-corrected chi connectivity index (χ3v) is 6.98. The van der Waals surface area contributed by atoms with E-state index in [2.05, 4.69) is 5.32 Å². The predicted octanol–water partition coefficient (Wildman–Crippen LogP) is 1.07. The molecule has 0 bridgehead atoms. The Morgan fingerprint density at radius 1 is 1.18 bits per heavy atom. The van der Waals surface area contributed by atoms with E-state index < -0.39 is 10.0 Å².